The predicted molar refractivity (Wildman–Crippen MR) is 109 cm³/mol. The third kappa shape index (κ3) is 4.75. The summed E-state index contributed by atoms with van der Waals surface area (Å²) in [5, 5.41) is 9.32. The average molecular weight is 407 g/mol. The molecule has 154 valence electrons. The molecule has 8 nitrogen and oxygen atoms in total. The van der Waals surface area contributed by atoms with Crippen LogP contribution >= 0.6 is 0 Å². The largest absolute Gasteiger partial charge is 0.493 e. The molecule has 8 heteroatoms. The summed E-state index contributed by atoms with van der Waals surface area (Å²) in [5.74, 6) is 0.578. The molecule has 0 radical (unpaired) electrons. The van der Waals surface area contributed by atoms with Gasteiger partial charge in [-0.2, -0.15) is 5.26 Å². The van der Waals surface area contributed by atoms with Crippen molar-refractivity contribution >= 4 is 16.9 Å². The molecule has 0 saturated heterocycles. The van der Waals surface area contributed by atoms with E-state index in [2.05, 4.69) is 4.98 Å². The lowest BCUT2D eigenvalue weighted by atomic mass is 10.1. The van der Waals surface area contributed by atoms with E-state index in [0.717, 1.165) is 5.56 Å². The van der Waals surface area contributed by atoms with Crippen LogP contribution in [0.3, 0.4) is 0 Å². The standard InChI is InChI=1S/C22H21N3O5/c1-28-19-10-17-18(11-20(19)29-2)24-14-25(22(17)27)8-4-7-21(26)30-13-16-6-3-5-15(9-16)12-23/h3,5-6,9-11,14H,4,7-8,13H2,1-2H3. The van der Waals surface area contributed by atoms with Gasteiger partial charge in [0, 0.05) is 19.0 Å². The number of aromatic nitrogens is 2. The fourth-order valence-electron chi connectivity index (χ4n) is 3.01. The number of hydrogen-bond donors (Lipinski definition) is 0. The zero-order valence-electron chi connectivity index (χ0n) is 16.8. The highest BCUT2D eigenvalue weighted by molar-refractivity contribution is 5.81. The number of esters is 1. The summed E-state index contributed by atoms with van der Waals surface area (Å²) in [5.41, 5.74) is 1.55. The minimum absolute atomic E-state index is 0.105. The smallest absolute Gasteiger partial charge is 0.306 e. The zero-order chi connectivity index (χ0) is 21.5. The quantitative estimate of drug-likeness (QED) is 0.529. The number of benzene rings is 2. The summed E-state index contributed by atoms with van der Waals surface area (Å²) in [6.07, 6.45) is 2.04. The second-order valence-electron chi connectivity index (χ2n) is 6.54. The van der Waals surface area contributed by atoms with Crippen molar-refractivity contribution in [2.75, 3.05) is 14.2 Å². The fraction of sp³-hybridized carbons (Fsp3) is 0.273. The SMILES string of the molecule is COc1cc2ncn(CCCC(=O)OCc3cccc(C#N)c3)c(=O)c2cc1OC. The summed E-state index contributed by atoms with van der Waals surface area (Å²) in [6.45, 7) is 0.433. The van der Waals surface area contributed by atoms with Gasteiger partial charge in [0.2, 0.25) is 0 Å². The Balaban J connectivity index is 1.60. The molecular weight excluding hydrogens is 386 g/mol. The van der Waals surface area contributed by atoms with Crippen LogP contribution in [0.1, 0.15) is 24.0 Å². The molecular formula is C22H21N3O5. The summed E-state index contributed by atoms with van der Waals surface area (Å²) >= 11 is 0. The molecule has 0 fully saturated rings. The lowest BCUT2D eigenvalue weighted by Crippen LogP contribution is -2.21. The molecule has 0 spiro atoms. The third-order valence-electron chi connectivity index (χ3n) is 4.57. The molecule has 1 heterocycles. The Hall–Kier alpha value is -3.86. The van der Waals surface area contributed by atoms with Gasteiger partial charge in [-0.15, -0.1) is 0 Å². The number of nitriles is 1. The molecule has 30 heavy (non-hydrogen) atoms. The lowest BCUT2D eigenvalue weighted by Gasteiger charge is -2.10. The van der Waals surface area contributed by atoms with Gasteiger partial charge in [-0.1, -0.05) is 12.1 Å². The molecule has 0 N–H and O–H groups in total. The molecule has 0 amide bonds. The monoisotopic (exact) mass is 407 g/mol. The van der Waals surface area contributed by atoms with Gasteiger partial charge >= 0.3 is 5.97 Å². The predicted octanol–water partition coefficient (Wildman–Crippen LogP) is 2.81. The van der Waals surface area contributed by atoms with Gasteiger partial charge in [0.1, 0.15) is 6.61 Å². The number of hydrogen-bond acceptors (Lipinski definition) is 7. The molecule has 0 aliphatic heterocycles. The first kappa shape index (κ1) is 20.9. The second-order valence-corrected chi connectivity index (χ2v) is 6.54. The maximum absolute atomic E-state index is 12.7. The summed E-state index contributed by atoms with van der Waals surface area (Å²) in [7, 11) is 3.02. The van der Waals surface area contributed by atoms with Gasteiger partial charge in [-0.3, -0.25) is 14.2 Å². The minimum atomic E-state index is -0.370. The van der Waals surface area contributed by atoms with Gasteiger partial charge in [0.25, 0.3) is 5.56 Å². The van der Waals surface area contributed by atoms with Crippen molar-refractivity contribution in [3.05, 3.63) is 64.2 Å². The molecule has 1 aromatic heterocycles. The highest BCUT2D eigenvalue weighted by Gasteiger charge is 2.11. The number of rotatable bonds is 8. The number of carbonyl (C=O) groups excluding carboxylic acids is 1. The van der Waals surface area contributed by atoms with Crippen LogP contribution in [0, 0.1) is 11.3 Å². The van der Waals surface area contributed by atoms with Gasteiger partial charge in [-0.25, -0.2) is 4.98 Å². The van der Waals surface area contributed by atoms with Crippen LogP contribution in [0.25, 0.3) is 10.9 Å². The molecule has 0 atom stereocenters. The molecule has 0 saturated carbocycles. The van der Waals surface area contributed by atoms with Crippen molar-refractivity contribution in [2.24, 2.45) is 0 Å². The van der Waals surface area contributed by atoms with Crippen LogP contribution in [-0.2, 0) is 22.7 Å². The number of fused-ring (bicyclic) bond motifs is 1. The fourth-order valence-corrected chi connectivity index (χ4v) is 3.01. The zero-order valence-corrected chi connectivity index (χ0v) is 16.8. The first-order chi connectivity index (χ1) is 14.5. The van der Waals surface area contributed by atoms with Crippen LogP contribution in [0.4, 0.5) is 0 Å². The molecule has 0 aliphatic carbocycles. The number of carbonyl (C=O) groups is 1. The topological polar surface area (TPSA) is 103 Å². The average Bonchev–Trinajstić information content (AvgIpc) is 2.78. The van der Waals surface area contributed by atoms with E-state index in [1.54, 1.807) is 36.4 Å². The molecule has 3 aromatic rings. The maximum Gasteiger partial charge on any atom is 0.306 e. The van der Waals surface area contributed by atoms with E-state index in [4.69, 9.17) is 19.5 Å². The Bertz CT molecular complexity index is 1160. The number of ether oxygens (including phenoxy) is 3. The first-order valence-electron chi connectivity index (χ1n) is 9.31. The van der Waals surface area contributed by atoms with E-state index in [1.165, 1.54) is 25.1 Å². The summed E-state index contributed by atoms with van der Waals surface area (Å²) < 4.78 is 17.2. The van der Waals surface area contributed by atoms with Gasteiger partial charge in [0.05, 0.1) is 43.1 Å². The van der Waals surface area contributed by atoms with E-state index in [0.29, 0.717) is 40.9 Å². The summed E-state index contributed by atoms with van der Waals surface area (Å²) in [4.78, 5) is 29.0. The van der Waals surface area contributed by atoms with E-state index in [9.17, 15) is 9.59 Å². The Kier molecular flexibility index (Phi) is 6.65. The number of methoxy groups -OCH3 is 2. The van der Waals surface area contributed by atoms with E-state index in [-0.39, 0.29) is 24.6 Å². The first-order valence-corrected chi connectivity index (χ1v) is 9.31. The van der Waals surface area contributed by atoms with Crippen LogP contribution in [0.5, 0.6) is 11.5 Å². The summed E-state index contributed by atoms with van der Waals surface area (Å²) in [6, 6.07) is 12.2. The number of nitrogens with zero attached hydrogens (tertiary/aromatic N) is 3. The van der Waals surface area contributed by atoms with E-state index in [1.807, 2.05) is 6.07 Å². The van der Waals surface area contributed by atoms with Crippen molar-refractivity contribution in [3.63, 3.8) is 0 Å². The van der Waals surface area contributed by atoms with Crippen molar-refractivity contribution in [2.45, 2.75) is 26.0 Å². The highest BCUT2D eigenvalue weighted by Crippen LogP contribution is 2.29. The van der Waals surface area contributed by atoms with E-state index < -0.39 is 0 Å². The second kappa shape index (κ2) is 9.56. The molecule has 0 unspecified atom stereocenters. The highest BCUT2D eigenvalue weighted by atomic mass is 16.5. The van der Waals surface area contributed by atoms with Crippen molar-refractivity contribution in [1.29, 1.82) is 5.26 Å². The van der Waals surface area contributed by atoms with Crippen LogP contribution < -0.4 is 15.0 Å². The van der Waals surface area contributed by atoms with Crippen LogP contribution in [-0.4, -0.2) is 29.7 Å². The van der Waals surface area contributed by atoms with Gasteiger partial charge in [-0.05, 0) is 30.2 Å². The normalized spacial score (nSPS) is 10.4. The van der Waals surface area contributed by atoms with Crippen molar-refractivity contribution in [1.82, 2.24) is 9.55 Å². The number of aryl methyl sites for hydroxylation is 1. The Morgan fingerprint density at radius 1 is 1.17 bits per heavy atom. The van der Waals surface area contributed by atoms with Crippen molar-refractivity contribution in [3.8, 4) is 17.6 Å². The van der Waals surface area contributed by atoms with Crippen LogP contribution in [0.15, 0.2) is 47.5 Å². The third-order valence-corrected chi connectivity index (χ3v) is 4.57. The van der Waals surface area contributed by atoms with Gasteiger partial charge < -0.3 is 14.2 Å². The Morgan fingerprint density at radius 2 is 1.93 bits per heavy atom. The molecule has 0 aliphatic rings. The molecule has 2 aromatic carbocycles. The van der Waals surface area contributed by atoms with Gasteiger partial charge in [0.15, 0.2) is 11.5 Å². The molecule has 0 bridgehead atoms. The van der Waals surface area contributed by atoms with Crippen molar-refractivity contribution < 1.29 is 19.0 Å². The Labute approximate surface area is 173 Å². The minimum Gasteiger partial charge on any atom is -0.493 e. The van der Waals surface area contributed by atoms with Crippen LogP contribution in [0.2, 0.25) is 0 Å². The molecule has 3 rings (SSSR count). The lowest BCUT2D eigenvalue weighted by molar-refractivity contribution is -0.145. The maximum atomic E-state index is 12.7. The Morgan fingerprint density at radius 3 is 2.67 bits per heavy atom. The van der Waals surface area contributed by atoms with E-state index >= 15 is 0 Å².